The third kappa shape index (κ3) is 8.34. The fraction of sp³-hybridized carbons (Fsp3) is 0.706. The number of hydrogen-bond donors (Lipinski definition) is 5. The number of carboxylic acid groups (broad SMARTS) is 1. The van der Waals surface area contributed by atoms with E-state index in [1.165, 1.54) is 0 Å². The van der Waals surface area contributed by atoms with Crippen LogP contribution in [-0.2, 0) is 28.7 Å². The van der Waals surface area contributed by atoms with Gasteiger partial charge in [0.2, 0.25) is 11.8 Å². The van der Waals surface area contributed by atoms with Gasteiger partial charge in [0.25, 0.3) is 5.91 Å². The summed E-state index contributed by atoms with van der Waals surface area (Å²) in [7, 11) is 0. The van der Waals surface area contributed by atoms with Crippen molar-refractivity contribution in [3.8, 4) is 0 Å². The smallest absolute Gasteiger partial charge is 0.408 e. The molecule has 12 heteroatoms. The lowest BCUT2D eigenvalue weighted by atomic mass is 10.1. The van der Waals surface area contributed by atoms with Gasteiger partial charge in [-0.3, -0.25) is 14.4 Å². The number of carbonyl (C=O) groups excluding carboxylic acids is 4. The van der Waals surface area contributed by atoms with E-state index in [1.54, 1.807) is 27.7 Å². The highest BCUT2D eigenvalue weighted by Gasteiger charge is 2.49. The van der Waals surface area contributed by atoms with Crippen LogP contribution in [-0.4, -0.2) is 71.3 Å². The van der Waals surface area contributed by atoms with Gasteiger partial charge in [-0.05, 0) is 27.2 Å². The monoisotopic (exact) mass is 416 g/mol. The molecular weight excluding hydrogens is 388 g/mol. The minimum atomic E-state index is -1.32. The Kier molecular flexibility index (Phi) is 8.37. The molecule has 164 valence electrons. The summed E-state index contributed by atoms with van der Waals surface area (Å²) in [5.74, 6) is -3.53. The van der Waals surface area contributed by atoms with E-state index < -0.39 is 59.7 Å². The van der Waals surface area contributed by atoms with Gasteiger partial charge in [0.1, 0.15) is 17.7 Å². The number of carbonyl (C=O) groups is 5. The molecule has 0 saturated carbocycles. The van der Waals surface area contributed by atoms with Crippen LogP contribution in [0.4, 0.5) is 4.79 Å². The molecule has 4 atom stereocenters. The fourth-order valence-electron chi connectivity index (χ4n) is 2.31. The first-order chi connectivity index (χ1) is 13.4. The number of primary amides is 1. The summed E-state index contributed by atoms with van der Waals surface area (Å²) < 4.78 is 9.92. The SMILES string of the molecule is CCC[C@H](NC(=O)[C@H](CNC(=O)C1OC1C(N)=O)NC(=O)OC(C)(C)C)C(=O)O. The first-order valence-corrected chi connectivity index (χ1v) is 9.11. The number of amides is 4. The average Bonchev–Trinajstić information content (AvgIpc) is 3.37. The Morgan fingerprint density at radius 2 is 1.72 bits per heavy atom. The van der Waals surface area contributed by atoms with Gasteiger partial charge in [-0.25, -0.2) is 9.59 Å². The van der Waals surface area contributed by atoms with E-state index in [0.717, 1.165) is 0 Å². The third-order valence-electron chi connectivity index (χ3n) is 3.71. The summed E-state index contributed by atoms with van der Waals surface area (Å²) in [5.41, 5.74) is 4.19. The number of aliphatic carboxylic acids is 1. The van der Waals surface area contributed by atoms with Gasteiger partial charge in [-0.1, -0.05) is 13.3 Å². The molecule has 0 aliphatic carbocycles. The van der Waals surface area contributed by atoms with Crippen LogP contribution >= 0.6 is 0 Å². The molecule has 1 rings (SSSR count). The zero-order chi connectivity index (χ0) is 22.4. The van der Waals surface area contributed by atoms with E-state index in [4.69, 9.17) is 15.2 Å². The molecule has 2 unspecified atom stereocenters. The van der Waals surface area contributed by atoms with E-state index in [-0.39, 0.29) is 13.0 Å². The van der Waals surface area contributed by atoms with Crippen molar-refractivity contribution in [2.75, 3.05) is 6.54 Å². The largest absolute Gasteiger partial charge is 0.480 e. The molecule has 0 radical (unpaired) electrons. The van der Waals surface area contributed by atoms with Crippen LogP contribution in [0, 0.1) is 0 Å². The Hall–Kier alpha value is -2.89. The molecule has 29 heavy (non-hydrogen) atoms. The maximum Gasteiger partial charge on any atom is 0.408 e. The van der Waals surface area contributed by atoms with Crippen LogP contribution in [0.15, 0.2) is 0 Å². The van der Waals surface area contributed by atoms with Gasteiger partial charge < -0.3 is 36.3 Å². The maximum atomic E-state index is 12.5. The van der Waals surface area contributed by atoms with E-state index in [1.807, 2.05) is 0 Å². The predicted molar refractivity (Wildman–Crippen MR) is 98.5 cm³/mol. The number of ether oxygens (including phenoxy) is 2. The summed E-state index contributed by atoms with van der Waals surface area (Å²) in [5, 5.41) is 16.2. The zero-order valence-corrected chi connectivity index (χ0v) is 16.8. The number of hydrogen-bond acceptors (Lipinski definition) is 7. The molecule has 0 bridgehead atoms. The number of rotatable bonds is 10. The lowest BCUT2D eigenvalue weighted by molar-refractivity contribution is -0.142. The minimum absolute atomic E-state index is 0.183. The summed E-state index contributed by atoms with van der Waals surface area (Å²) in [6.45, 7) is 6.25. The summed E-state index contributed by atoms with van der Waals surface area (Å²) in [6.07, 6.45) is -2.34. The highest BCUT2D eigenvalue weighted by molar-refractivity contribution is 5.95. The number of nitrogens with one attached hydrogen (secondary N) is 3. The van der Waals surface area contributed by atoms with Crippen LogP contribution in [0.1, 0.15) is 40.5 Å². The standard InChI is InChI=1S/C17H28N4O8/c1-5-6-8(15(25)26)20-13(23)9(21-16(27)29-17(2,3)4)7-19-14(24)11-10(28-11)12(18)22/h8-11H,5-7H2,1-4H3,(H2,18,22)(H,19,24)(H,20,23)(H,21,27)(H,25,26)/t8-,9-,10?,11?/m0/s1. The topological polar surface area (TPSA) is 189 Å². The van der Waals surface area contributed by atoms with E-state index in [9.17, 15) is 29.1 Å². The maximum absolute atomic E-state index is 12.5. The molecule has 0 spiro atoms. The van der Waals surface area contributed by atoms with Crippen molar-refractivity contribution >= 4 is 29.8 Å². The molecule has 1 heterocycles. The number of nitrogens with two attached hydrogens (primary N) is 1. The van der Waals surface area contributed by atoms with Crippen LogP contribution in [0.25, 0.3) is 0 Å². The minimum Gasteiger partial charge on any atom is -0.480 e. The Morgan fingerprint density at radius 1 is 1.10 bits per heavy atom. The normalized spacial score (nSPS) is 20.0. The molecule has 6 N–H and O–H groups in total. The second-order valence-corrected chi connectivity index (χ2v) is 7.51. The van der Waals surface area contributed by atoms with Crippen molar-refractivity contribution in [3.63, 3.8) is 0 Å². The predicted octanol–water partition coefficient (Wildman–Crippen LogP) is -1.38. The highest BCUT2D eigenvalue weighted by atomic mass is 16.6. The van der Waals surface area contributed by atoms with Crippen molar-refractivity contribution in [1.82, 2.24) is 16.0 Å². The summed E-state index contributed by atoms with van der Waals surface area (Å²) in [6, 6.07) is -2.48. The average molecular weight is 416 g/mol. The van der Waals surface area contributed by atoms with Crippen molar-refractivity contribution in [1.29, 1.82) is 0 Å². The van der Waals surface area contributed by atoms with E-state index >= 15 is 0 Å². The quantitative estimate of drug-likeness (QED) is 0.269. The summed E-state index contributed by atoms with van der Waals surface area (Å²) >= 11 is 0. The number of alkyl carbamates (subject to hydrolysis) is 1. The van der Waals surface area contributed by atoms with Crippen LogP contribution < -0.4 is 21.7 Å². The van der Waals surface area contributed by atoms with Crippen molar-refractivity contribution in [3.05, 3.63) is 0 Å². The van der Waals surface area contributed by atoms with Crippen LogP contribution in [0.5, 0.6) is 0 Å². The first-order valence-electron chi connectivity index (χ1n) is 9.11. The Labute approximate surface area is 167 Å². The molecule has 1 saturated heterocycles. The molecule has 1 fully saturated rings. The van der Waals surface area contributed by atoms with Crippen LogP contribution in [0.3, 0.4) is 0 Å². The molecule has 1 aliphatic heterocycles. The zero-order valence-electron chi connectivity index (χ0n) is 16.8. The Bertz CT molecular complexity index is 660. The molecule has 0 aromatic rings. The molecule has 4 amide bonds. The summed E-state index contributed by atoms with van der Waals surface area (Å²) in [4.78, 5) is 58.7. The van der Waals surface area contributed by atoms with E-state index in [2.05, 4.69) is 16.0 Å². The van der Waals surface area contributed by atoms with Gasteiger partial charge in [-0.15, -0.1) is 0 Å². The molecule has 12 nitrogen and oxygen atoms in total. The van der Waals surface area contributed by atoms with Crippen molar-refractivity contribution in [2.24, 2.45) is 5.73 Å². The molecule has 1 aliphatic rings. The third-order valence-corrected chi connectivity index (χ3v) is 3.71. The fourth-order valence-corrected chi connectivity index (χ4v) is 2.31. The Balaban J connectivity index is 2.78. The Morgan fingerprint density at radius 3 is 2.17 bits per heavy atom. The second kappa shape index (κ2) is 10.0. The van der Waals surface area contributed by atoms with Gasteiger partial charge in [0.15, 0.2) is 12.2 Å². The lowest BCUT2D eigenvalue weighted by Gasteiger charge is -2.24. The second-order valence-electron chi connectivity index (χ2n) is 7.51. The van der Waals surface area contributed by atoms with Crippen molar-refractivity contribution in [2.45, 2.75) is 70.4 Å². The number of carboxylic acids is 1. The van der Waals surface area contributed by atoms with Gasteiger partial charge in [0, 0.05) is 6.54 Å². The molecule has 0 aromatic carbocycles. The highest BCUT2D eigenvalue weighted by Crippen LogP contribution is 2.21. The molecule has 0 aromatic heterocycles. The number of epoxide rings is 1. The molecular formula is C17H28N4O8. The van der Waals surface area contributed by atoms with Gasteiger partial charge >= 0.3 is 12.1 Å². The lowest BCUT2D eigenvalue weighted by Crippen LogP contribution is -2.56. The van der Waals surface area contributed by atoms with Crippen LogP contribution in [0.2, 0.25) is 0 Å². The first kappa shape index (κ1) is 24.1. The van der Waals surface area contributed by atoms with Crippen molar-refractivity contribution < 1.29 is 38.6 Å². The van der Waals surface area contributed by atoms with E-state index in [0.29, 0.717) is 6.42 Å². The van der Waals surface area contributed by atoms with Gasteiger partial charge in [0.05, 0.1) is 0 Å². The van der Waals surface area contributed by atoms with Gasteiger partial charge in [-0.2, -0.15) is 0 Å².